The van der Waals surface area contributed by atoms with Crippen molar-refractivity contribution in [2.24, 2.45) is 0 Å². The summed E-state index contributed by atoms with van der Waals surface area (Å²) in [5, 5.41) is 2.79. The molecular formula is C24H21N3O5. The lowest BCUT2D eigenvalue weighted by molar-refractivity contribution is -0.136. The molecule has 2 aromatic carbocycles. The topological polar surface area (TPSA) is 99.9 Å². The maximum atomic E-state index is 13.1. The van der Waals surface area contributed by atoms with Crippen molar-refractivity contribution in [1.29, 1.82) is 0 Å². The standard InChI is InChI=1S/C24H21N3O5/c28-21(25-13-17-7-2-1-3-8-17)15-26(14-18-9-6-12-32-18)22(29)16-27-20-11-5-4-10-19(20)23(30)24(27)31/h1-12H,13-16H2,(H,25,28). The molecule has 0 saturated carbocycles. The zero-order chi connectivity index (χ0) is 22.5. The SMILES string of the molecule is O=C(CN(Cc1ccco1)C(=O)CN1C(=O)C(=O)c2ccccc21)NCc1ccccc1. The van der Waals surface area contributed by atoms with Crippen LogP contribution in [0.5, 0.6) is 0 Å². The van der Waals surface area contributed by atoms with Gasteiger partial charge in [-0.3, -0.25) is 24.1 Å². The van der Waals surface area contributed by atoms with Gasteiger partial charge in [0.1, 0.15) is 18.8 Å². The molecule has 0 aliphatic carbocycles. The molecule has 3 amide bonds. The van der Waals surface area contributed by atoms with E-state index in [1.165, 1.54) is 11.2 Å². The first-order chi connectivity index (χ1) is 15.5. The van der Waals surface area contributed by atoms with E-state index in [4.69, 9.17) is 4.42 Å². The fourth-order valence-corrected chi connectivity index (χ4v) is 3.49. The van der Waals surface area contributed by atoms with E-state index < -0.39 is 17.6 Å². The third kappa shape index (κ3) is 4.59. The highest BCUT2D eigenvalue weighted by molar-refractivity contribution is 6.52. The number of hydrogen-bond donors (Lipinski definition) is 1. The molecular weight excluding hydrogens is 410 g/mol. The fraction of sp³-hybridized carbons (Fsp3) is 0.167. The molecule has 0 fully saturated rings. The van der Waals surface area contributed by atoms with Crippen LogP contribution in [0, 0.1) is 0 Å². The monoisotopic (exact) mass is 431 g/mol. The summed E-state index contributed by atoms with van der Waals surface area (Å²) in [7, 11) is 0. The van der Waals surface area contributed by atoms with Gasteiger partial charge in [-0.2, -0.15) is 0 Å². The number of carbonyl (C=O) groups is 4. The predicted octanol–water partition coefficient (Wildman–Crippen LogP) is 2.15. The van der Waals surface area contributed by atoms with Crippen LogP contribution in [-0.4, -0.2) is 41.5 Å². The number of fused-ring (bicyclic) bond motifs is 1. The smallest absolute Gasteiger partial charge is 0.299 e. The molecule has 0 spiro atoms. The Balaban J connectivity index is 1.46. The predicted molar refractivity (Wildman–Crippen MR) is 116 cm³/mol. The van der Waals surface area contributed by atoms with E-state index in [1.807, 2.05) is 30.3 Å². The molecule has 0 bridgehead atoms. The number of hydrogen-bond acceptors (Lipinski definition) is 5. The molecule has 2 heterocycles. The molecule has 1 aliphatic heterocycles. The number of carbonyl (C=O) groups excluding carboxylic acids is 4. The number of amides is 3. The summed E-state index contributed by atoms with van der Waals surface area (Å²) in [6.07, 6.45) is 1.48. The number of nitrogens with one attached hydrogen (secondary N) is 1. The number of rotatable bonds is 8. The highest BCUT2D eigenvalue weighted by atomic mass is 16.3. The molecule has 1 N–H and O–H groups in total. The normalized spacial score (nSPS) is 12.6. The minimum Gasteiger partial charge on any atom is -0.467 e. The van der Waals surface area contributed by atoms with Gasteiger partial charge in [-0.25, -0.2) is 0 Å². The van der Waals surface area contributed by atoms with Crippen LogP contribution in [-0.2, 0) is 27.5 Å². The number of para-hydroxylation sites is 1. The Morgan fingerprint density at radius 1 is 0.938 bits per heavy atom. The Kier molecular flexibility index (Phi) is 6.12. The van der Waals surface area contributed by atoms with Crippen LogP contribution >= 0.6 is 0 Å². The van der Waals surface area contributed by atoms with Crippen LogP contribution in [0.4, 0.5) is 5.69 Å². The molecule has 32 heavy (non-hydrogen) atoms. The molecule has 1 aromatic heterocycles. The van der Waals surface area contributed by atoms with Gasteiger partial charge in [0.2, 0.25) is 11.8 Å². The zero-order valence-electron chi connectivity index (χ0n) is 17.2. The minimum absolute atomic E-state index is 0.0578. The third-order valence-electron chi connectivity index (χ3n) is 5.12. The van der Waals surface area contributed by atoms with E-state index in [2.05, 4.69) is 5.32 Å². The van der Waals surface area contributed by atoms with Crippen LogP contribution in [0.2, 0.25) is 0 Å². The van der Waals surface area contributed by atoms with Crippen molar-refractivity contribution in [3.63, 3.8) is 0 Å². The zero-order valence-corrected chi connectivity index (χ0v) is 17.2. The first-order valence-corrected chi connectivity index (χ1v) is 10.1. The molecule has 1 aliphatic rings. The van der Waals surface area contributed by atoms with Gasteiger partial charge < -0.3 is 14.6 Å². The van der Waals surface area contributed by atoms with Gasteiger partial charge in [0.25, 0.3) is 11.7 Å². The summed E-state index contributed by atoms with van der Waals surface area (Å²) in [5.74, 6) is -1.73. The van der Waals surface area contributed by atoms with E-state index in [0.29, 0.717) is 18.0 Å². The number of ketones is 1. The molecule has 8 nitrogen and oxygen atoms in total. The van der Waals surface area contributed by atoms with E-state index in [0.717, 1.165) is 10.5 Å². The lowest BCUT2D eigenvalue weighted by Gasteiger charge is -2.24. The van der Waals surface area contributed by atoms with E-state index in [9.17, 15) is 19.2 Å². The Morgan fingerprint density at radius 2 is 1.69 bits per heavy atom. The quantitative estimate of drug-likeness (QED) is 0.551. The summed E-state index contributed by atoms with van der Waals surface area (Å²) < 4.78 is 5.33. The number of nitrogens with zero attached hydrogens (tertiary/aromatic N) is 2. The highest BCUT2D eigenvalue weighted by Crippen LogP contribution is 2.28. The average molecular weight is 431 g/mol. The summed E-state index contributed by atoms with van der Waals surface area (Å²) in [5.41, 5.74) is 1.59. The van der Waals surface area contributed by atoms with Crippen molar-refractivity contribution in [1.82, 2.24) is 10.2 Å². The summed E-state index contributed by atoms with van der Waals surface area (Å²) in [6.45, 7) is -0.185. The van der Waals surface area contributed by atoms with E-state index in [1.54, 1.807) is 36.4 Å². The maximum Gasteiger partial charge on any atom is 0.299 e. The number of furan rings is 1. The molecule has 0 saturated heterocycles. The Morgan fingerprint density at radius 3 is 2.44 bits per heavy atom. The Bertz CT molecular complexity index is 1140. The molecule has 3 aromatic rings. The molecule has 0 radical (unpaired) electrons. The Hall–Kier alpha value is -4.20. The first-order valence-electron chi connectivity index (χ1n) is 10.1. The second-order valence-corrected chi connectivity index (χ2v) is 7.33. The molecule has 0 unspecified atom stereocenters. The van der Waals surface area contributed by atoms with Crippen LogP contribution in [0.25, 0.3) is 0 Å². The lowest BCUT2D eigenvalue weighted by atomic mass is 10.1. The van der Waals surface area contributed by atoms with Gasteiger partial charge in [0.15, 0.2) is 0 Å². The minimum atomic E-state index is -0.758. The molecule has 0 atom stereocenters. The second kappa shape index (κ2) is 9.30. The van der Waals surface area contributed by atoms with Crippen molar-refractivity contribution in [3.8, 4) is 0 Å². The van der Waals surface area contributed by atoms with Gasteiger partial charge in [0, 0.05) is 6.54 Å². The van der Waals surface area contributed by atoms with Crippen LogP contribution in [0.15, 0.2) is 77.4 Å². The van der Waals surface area contributed by atoms with Crippen molar-refractivity contribution < 1.29 is 23.6 Å². The van der Waals surface area contributed by atoms with Crippen LogP contribution < -0.4 is 10.2 Å². The van der Waals surface area contributed by atoms with Gasteiger partial charge in [-0.05, 0) is 29.8 Å². The van der Waals surface area contributed by atoms with Crippen LogP contribution in [0.1, 0.15) is 21.7 Å². The largest absolute Gasteiger partial charge is 0.467 e. The summed E-state index contributed by atoms with van der Waals surface area (Å²) in [6, 6.07) is 19.3. The average Bonchev–Trinajstić information content (AvgIpc) is 3.41. The maximum absolute atomic E-state index is 13.1. The summed E-state index contributed by atoms with van der Waals surface area (Å²) in [4.78, 5) is 52.7. The third-order valence-corrected chi connectivity index (χ3v) is 5.12. The van der Waals surface area contributed by atoms with Gasteiger partial charge in [-0.1, -0.05) is 42.5 Å². The van der Waals surface area contributed by atoms with Gasteiger partial charge in [0.05, 0.1) is 24.1 Å². The van der Waals surface area contributed by atoms with Crippen molar-refractivity contribution in [3.05, 3.63) is 89.9 Å². The van der Waals surface area contributed by atoms with Crippen molar-refractivity contribution in [2.45, 2.75) is 13.1 Å². The van der Waals surface area contributed by atoms with E-state index in [-0.39, 0.29) is 31.1 Å². The van der Waals surface area contributed by atoms with Gasteiger partial charge in [-0.15, -0.1) is 0 Å². The highest BCUT2D eigenvalue weighted by Gasteiger charge is 2.37. The first kappa shape index (κ1) is 21.0. The van der Waals surface area contributed by atoms with Crippen molar-refractivity contribution in [2.75, 3.05) is 18.0 Å². The number of benzene rings is 2. The Labute approximate surface area is 184 Å². The second-order valence-electron chi connectivity index (χ2n) is 7.33. The summed E-state index contributed by atoms with van der Waals surface area (Å²) >= 11 is 0. The van der Waals surface area contributed by atoms with Gasteiger partial charge >= 0.3 is 0 Å². The number of anilines is 1. The molecule has 8 heteroatoms. The number of Topliss-reactive ketones (excluding diaryl/α,β-unsaturated/α-hetero) is 1. The van der Waals surface area contributed by atoms with E-state index >= 15 is 0 Å². The lowest BCUT2D eigenvalue weighted by Crippen LogP contribution is -2.46. The van der Waals surface area contributed by atoms with Crippen LogP contribution in [0.3, 0.4) is 0 Å². The van der Waals surface area contributed by atoms with Crippen molar-refractivity contribution >= 4 is 29.2 Å². The molecule has 162 valence electrons. The fourth-order valence-electron chi connectivity index (χ4n) is 3.49. The molecule has 4 rings (SSSR count).